The summed E-state index contributed by atoms with van der Waals surface area (Å²) in [7, 11) is 0. The standard InChI is InChI=1S/C18H23N3O2/c1-10(2)19-17-12(4)11(3)6-7-14(17)13(5)20-15-8-9-16(22)21-18(15)23/h6-7,15,20H,5,8-9H2,1-4H3,(H,21,22,23). The smallest absolute Gasteiger partial charge is 0.249 e. The van der Waals surface area contributed by atoms with E-state index in [9.17, 15) is 9.59 Å². The van der Waals surface area contributed by atoms with Gasteiger partial charge in [-0.15, -0.1) is 0 Å². The van der Waals surface area contributed by atoms with E-state index in [1.165, 1.54) is 0 Å². The van der Waals surface area contributed by atoms with Crippen molar-refractivity contribution in [2.45, 2.75) is 46.6 Å². The van der Waals surface area contributed by atoms with Crippen LogP contribution in [0.2, 0.25) is 0 Å². The van der Waals surface area contributed by atoms with Crippen molar-refractivity contribution in [1.82, 2.24) is 10.6 Å². The van der Waals surface area contributed by atoms with Crippen LogP contribution >= 0.6 is 0 Å². The van der Waals surface area contributed by atoms with Crippen molar-refractivity contribution in [3.05, 3.63) is 35.4 Å². The fraction of sp³-hybridized carbons (Fsp3) is 0.389. The summed E-state index contributed by atoms with van der Waals surface area (Å²) < 4.78 is 0. The Kier molecular flexibility index (Phi) is 4.98. The minimum atomic E-state index is -0.443. The number of nitrogens with zero attached hydrogens (tertiary/aromatic N) is 1. The maximum absolute atomic E-state index is 11.9. The van der Waals surface area contributed by atoms with E-state index >= 15 is 0 Å². The van der Waals surface area contributed by atoms with Crippen molar-refractivity contribution >= 4 is 28.9 Å². The number of hydrogen-bond donors (Lipinski definition) is 2. The number of piperidine rings is 1. The Morgan fingerprint density at radius 1 is 1.30 bits per heavy atom. The molecule has 1 unspecified atom stereocenters. The Labute approximate surface area is 136 Å². The summed E-state index contributed by atoms with van der Waals surface area (Å²) >= 11 is 0. The highest BCUT2D eigenvalue weighted by Gasteiger charge is 2.27. The number of amides is 2. The molecule has 1 atom stereocenters. The molecular weight excluding hydrogens is 290 g/mol. The Morgan fingerprint density at radius 3 is 2.61 bits per heavy atom. The minimum absolute atomic E-state index is 0.225. The molecule has 2 N–H and O–H groups in total. The predicted molar refractivity (Wildman–Crippen MR) is 92.7 cm³/mol. The van der Waals surface area contributed by atoms with E-state index in [-0.39, 0.29) is 11.8 Å². The number of aliphatic imine (C=N–C) groups is 1. The molecule has 1 aliphatic rings. The molecule has 5 heteroatoms. The van der Waals surface area contributed by atoms with E-state index in [0.29, 0.717) is 18.5 Å². The van der Waals surface area contributed by atoms with Gasteiger partial charge in [-0.2, -0.15) is 0 Å². The number of nitrogens with one attached hydrogen (secondary N) is 2. The number of hydrogen-bond acceptors (Lipinski definition) is 4. The van der Waals surface area contributed by atoms with E-state index in [2.05, 4.69) is 22.2 Å². The molecule has 1 saturated heterocycles. The summed E-state index contributed by atoms with van der Waals surface area (Å²) in [5, 5.41) is 5.48. The SMILES string of the molecule is C=C(NC1CCC(=O)NC1=O)c1ccc(C)c(C)c1N=C(C)C. The van der Waals surface area contributed by atoms with Crippen LogP contribution in [0.5, 0.6) is 0 Å². The monoisotopic (exact) mass is 313 g/mol. The molecule has 0 radical (unpaired) electrons. The third-order valence-corrected chi connectivity index (χ3v) is 3.95. The highest BCUT2D eigenvalue weighted by molar-refractivity contribution is 6.01. The van der Waals surface area contributed by atoms with Gasteiger partial charge in [0.25, 0.3) is 0 Å². The van der Waals surface area contributed by atoms with Gasteiger partial charge in [-0.05, 0) is 45.2 Å². The molecule has 0 spiro atoms. The lowest BCUT2D eigenvalue weighted by atomic mass is 9.99. The number of carbonyl (C=O) groups excluding carboxylic acids is 2. The number of carbonyl (C=O) groups is 2. The first-order valence-electron chi connectivity index (χ1n) is 7.71. The van der Waals surface area contributed by atoms with Gasteiger partial charge in [-0.3, -0.25) is 19.9 Å². The van der Waals surface area contributed by atoms with Gasteiger partial charge in [0, 0.05) is 23.4 Å². The summed E-state index contributed by atoms with van der Waals surface area (Å²) in [5.41, 5.74) is 5.59. The molecule has 122 valence electrons. The fourth-order valence-electron chi connectivity index (χ4n) is 2.53. The minimum Gasteiger partial charge on any atom is -0.374 e. The molecule has 0 aliphatic carbocycles. The van der Waals surface area contributed by atoms with Crippen LogP contribution < -0.4 is 10.6 Å². The largest absolute Gasteiger partial charge is 0.374 e. The average molecular weight is 313 g/mol. The Morgan fingerprint density at radius 2 is 2.00 bits per heavy atom. The first kappa shape index (κ1) is 16.9. The predicted octanol–water partition coefficient (Wildman–Crippen LogP) is 2.78. The first-order chi connectivity index (χ1) is 10.8. The van der Waals surface area contributed by atoms with E-state index < -0.39 is 6.04 Å². The maximum atomic E-state index is 11.9. The van der Waals surface area contributed by atoms with E-state index in [0.717, 1.165) is 28.1 Å². The topological polar surface area (TPSA) is 70.6 Å². The van der Waals surface area contributed by atoms with E-state index in [4.69, 9.17) is 0 Å². The molecule has 1 aromatic carbocycles. The van der Waals surface area contributed by atoms with Crippen molar-refractivity contribution in [1.29, 1.82) is 0 Å². The first-order valence-corrected chi connectivity index (χ1v) is 7.71. The van der Waals surface area contributed by atoms with E-state index in [1.54, 1.807) is 0 Å². The van der Waals surface area contributed by atoms with Crippen LogP contribution in [-0.2, 0) is 9.59 Å². The summed E-state index contributed by atoms with van der Waals surface area (Å²) in [5.74, 6) is -0.528. The van der Waals surface area contributed by atoms with Crippen LogP contribution in [0.15, 0.2) is 23.7 Å². The third-order valence-electron chi connectivity index (χ3n) is 3.95. The van der Waals surface area contributed by atoms with Crippen molar-refractivity contribution < 1.29 is 9.59 Å². The van der Waals surface area contributed by atoms with Gasteiger partial charge in [0.05, 0.1) is 5.69 Å². The Balaban J connectivity index is 2.29. The molecule has 0 bridgehead atoms. The van der Waals surface area contributed by atoms with Gasteiger partial charge in [-0.1, -0.05) is 18.7 Å². The second kappa shape index (κ2) is 6.77. The number of rotatable bonds is 4. The second-order valence-electron chi connectivity index (χ2n) is 6.09. The van der Waals surface area contributed by atoms with Crippen LogP contribution in [0.1, 0.15) is 43.4 Å². The molecule has 0 saturated carbocycles. The molecule has 2 rings (SSSR count). The quantitative estimate of drug-likeness (QED) is 0.663. The molecule has 1 aromatic rings. The van der Waals surface area contributed by atoms with Crippen molar-refractivity contribution in [2.24, 2.45) is 4.99 Å². The normalized spacial score (nSPS) is 17.5. The van der Waals surface area contributed by atoms with Gasteiger partial charge in [0.15, 0.2) is 0 Å². The Bertz CT molecular complexity index is 700. The summed E-state index contributed by atoms with van der Waals surface area (Å²) in [6.45, 7) is 12.0. The number of aryl methyl sites for hydroxylation is 1. The van der Waals surface area contributed by atoms with E-state index in [1.807, 2.05) is 39.8 Å². The lowest BCUT2D eigenvalue weighted by molar-refractivity contribution is -0.134. The van der Waals surface area contributed by atoms with Crippen LogP contribution in [0.4, 0.5) is 5.69 Å². The molecular formula is C18H23N3O2. The zero-order valence-electron chi connectivity index (χ0n) is 14.1. The highest BCUT2D eigenvalue weighted by Crippen LogP contribution is 2.31. The van der Waals surface area contributed by atoms with Crippen LogP contribution in [-0.4, -0.2) is 23.6 Å². The van der Waals surface area contributed by atoms with Crippen molar-refractivity contribution in [3.63, 3.8) is 0 Å². The lowest BCUT2D eigenvalue weighted by Gasteiger charge is -2.24. The van der Waals surface area contributed by atoms with Crippen molar-refractivity contribution in [2.75, 3.05) is 0 Å². The second-order valence-corrected chi connectivity index (χ2v) is 6.09. The molecule has 23 heavy (non-hydrogen) atoms. The summed E-state index contributed by atoms with van der Waals surface area (Å²) in [4.78, 5) is 27.8. The lowest BCUT2D eigenvalue weighted by Crippen LogP contribution is -2.50. The van der Waals surface area contributed by atoms with Crippen LogP contribution in [0.3, 0.4) is 0 Å². The third kappa shape index (κ3) is 3.86. The summed E-state index contributed by atoms with van der Waals surface area (Å²) in [6, 6.07) is 3.54. The zero-order chi connectivity index (χ0) is 17.1. The fourth-order valence-corrected chi connectivity index (χ4v) is 2.53. The average Bonchev–Trinajstić information content (AvgIpc) is 2.46. The maximum Gasteiger partial charge on any atom is 0.249 e. The molecule has 0 aromatic heterocycles. The highest BCUT2D eigenvalue weighted by atomic mass is 16.2. The number of imide groups is 1. The molecule has 1 aliphatic heterocycles. The van der Waals surface area contributed by atoms with Crippen molar-refractivity contribution in [3.8, 4) is 0 Å². The van der Waals surface area contributed by atoms with Crippen LogP contribution in [0.25, 0.3) is 5.70 Å². The molecule has 1 fully saturated rings. The van der Waals surface area contributed by atoms with Gasteiger partial charge < -0.3 is 5.32 Å². The van der Waals surface area contributed by atoms with Gasteiger partial charge in [0.1, 0.15) is 6.04 Å². The zero-order valence-corrected chi connectivity index (χ0v) is 14.1. The molecule has 5 nitrogen and oxygen atoms in total. The Hall–Kier alpha value is -2.43. The van der Waals surface area contributed by atoms with Gasteiger partial charge >= 0.3 is 0 Å². The molecule has 2 amide bonds. The number of benzene rings is 1. The van der Waals surface area contributed by atoms with Crippen LogP contribution in [0, 0.1) is 13.8 Å². The van der Waals surface area contributed by atoms with Gasteiger partial charge in [0.2, 0.25) is 11.8 Å². The summed E-state index contributed by atoms with van der Waals surface area (Å²) in [6.07, 6.45) is 0.808. The molecule has 1 heterocycles. The van der Waals surface area contributed by atoms with Gasteiger partial charge in [-0.25, -0.2) is 0 Å².